The van der Waals surface area contributed by atoms with E-state index in [2.05, 4.69) is 31.5 Å². The third kappa shape index (κ3) is 3.96. The van der Waals surface area contributed by atoms with Crippen LogP contribution in [0.2, 0.25) is 0 Å². The Kier molecular flexibility index (Phi) is 6.03. The van der Waals surface area contributed by atoms with Gasteiger partial charge in [-0.1, -0.05) is 40.9 Å². The molecule has 3 N–H and O–H groups in total. The Bertz CT molecular complexity index is 748. The highest BCUT2D eigenvalue weighted by Gasteiger charge is 2.47. The van der Waals surface area contributed by atoms with Crippen molar-refractivity contribution in [2.24, 2.45) is 5.92 Å². The second kappa shape index (κ2) is 7.93. The Morgan fingerprint density at radius 3 is 2.58 bits per heavy atom. The van der Waals surface area contributed by atoms with Gasteiger partial charge in [0.2, 0.25) is 10.0 Å². The molecule has 1 heterocycles. The molecule has 1 aliphatic heterocycles. The van der Waals surface area contributed by atoms with Crippen LogP contribution in [0.5, 0.6) is 0 Å². The summed E-state index contributed by atoms with van der Waals surface area (Å²) in [5, 5.41) is -1.06. The van der Waals surface area contributed by atoms with Gasteiger partial charge in [0, 0.05) is 11.0 Å². The van der Waals surface area contributed by atoms with Gasteiger partial charge in [0.05, 0.1) is 12.1 Å². The van der Waals surface area contributed by atoms with Crippen LogP contribution in [-0.4, -0.2) is 32.9 Å². The summed E-state index contributed by atoms with van der Waals surface area (Å²) in [5.74, 6) is -1.29. The zero-order valence-electron chi connectivity index (χ0n) is 14.6. The average molecular weight is 446 g/mol. The predicted molar refractivity (Wildman–Crippen MR) is 101 cm³/mol. The molecule has 2 fully saturated rings. The number of hydrazine groups is 1. The number of carbonyl (C=O) groups excluding carboxylic acids is 1. The Hall–Kier alpha value is -1.00. The van der Waals surface area contributed by atoms with Gasteiger partial charge in [-0.15, -0.1) is 0 Å². The van der Waals surface area contributed by atoms with Gasteiger partial charge in [-0.2, -0.15) is 0 Å². The SMILES string of the molecule is CCOC(=O)C1CNNC1S(=O)(=O)NC1(c2ccc(Br)cc2)CCCC1. The molecule has 2 unspecified atom stereocenters. The number of hydrogen-bond donors (Lipinski definition) is 3. The molecule has 2 atom stereocenters. The van der Waals surface area contributed by atoms with E-state index in [0.717, 1.165) is 35.7 Å². The number of ether oxygens (including phenoxy) is 1. The largest absolute Gasteiger partial charge is 0.466 e. The molecule has 1 aliphatic carbocycles. The summed E-state index contributed by atoms with van der Waals surface area (Å²) in [6.07, 6.45) is 3.38. The van der Waals surface area contributed by atoms with Crippen molar-refractivity contribution >= 4 is 31.9 Å². The van der Waals surface area contributed by atoms with E-state index in [1.165, 1.54) is 0 Å². The molecule has 0 radical (unpaired) electrons. The quantitative estimate of drug-likeness (QED) is 0.577. The molecule has 0 spiro atoms. The predicted octanol–water partition coefficient (Wildman–Crippen LogP) is 1.75. The summed E-state index contributed by atoms with van der Waals surface area (Å²) < 4.78 is 35.1. The summed E-state index contributed by atoms with van der Waals surface area (Å²) in [5.41, 5.74) is 5.81. The van der Waals surface area contributed by atoms with Gasteiger partial charge in [0.1, 0.15) is 5.92 Å². The van der Waals surface area contributed by atoms with Crippen LogP contribution in [0.25, 0.3) is 0 Å². The van der Waals surface area contributed by atoms with Crippen LogP contribution in [0, 0.1) is 5.92 Å². The first-order chi connectivity index (χ1) is 12.4. The minimum absolute atomic E-state index is 0.218. The van der Waals surface area contributed by atoms with Crippen molar-refractivity contribution in [2.75, 3.05) is 13.2 Å². The van der Waals surface area contributed by atoms with E-state index < -0.39 is 32.8 Å². The van der Waals surface area contributed by atoms with Gasteiger partial charge in [-0.3, -0.25) is 10.2 Å². The zero-order valence-corrected chi connectivity index (χ0v) is 17.0. The Morgan fingerprint density at radius 2 is 1.96 bits per heavy atom. The van der Waals surface area contributed by atoms with Crippen LogP contribution < -0.4 is 15.6 Å². The number of rotatable bonds is 6. The molecule has 0 aromatic heterocycles. The Balaban J connectivity index is 1.86. The summed E-state index contributed by atoms with van der Waals surface area (Å²) in [6, 6.07) is 7.73. The first-order valence-corrected chi connectivity index (χ1v) is 11.2. The molecule has 1 aromatic carbocycles. The van der Waals surface area contributed by atoms with E-state index in [0.29, 0.717) is 0 Å². The second-order valence-electron chi connectivity index (χ2n) is 6.75. The number of halogens is 1. The van der Waals surface area contributed by atoms with Crippen LogP contribution in [0.4, 0.5) is 0 Å². The lowest BCUT2D eigenvalue weighted by Crippen LogP contribution is -2.53. The van der Waals surface area contributed by atoms with Crippen LogP contribution in [-0.2, 0) is 25.1 Å². The van der Waals surface area contributed by atoms with Crippen molar-refractivity contribution in [2.45, 2.75) is 43.5 Å². The van der Waals surface area contributed by atoms with Crippen molar-refractivity contribution in [3.63, 3.8) is 0 Å². The number of benzene rings is 1. The summed E-state index contributed by atoms with van der Waals surface area (Å²) in [4.78, 5) is 12.1. The molecule has 1 saturated carbocycles. The number of carbonyl (C=O) groups is 1. The number of esters is 1. The molecule has 2 aliphatic rings. The highest BCUT2D eigenvalue weighted by Crippen LogP contribution is 2.40. The zero-order chi connectivity index (χ0) is 18.8. The average Bonchev–Trinajstić information content (AvgIpc) is 3.25. The fourth-order valence-electron chi connectivity index (χ4n) is 3.76. The van der Waals surface area contributed by atoms with Gasteiger partial charge in [0.15, 0.2) is 5.37 Å². The van der Waals surface area contributed by atoms with Gasteiger partial charge in [-0.25, -0.2) is 18.6 Å². The Labute approximate surface area is 162 Å². The summed E-state index contributed by atoms with van der Waals surface area (Å²) >= 11 is 3.42. The smallest absolute Gasteiger partial charge is 0.313 e. The minimum Gasteiger partial charge on any atom is -0.466 e. The van der Waals surface area contributed by atoms with Crippen LogP contribution in [0.1, 0.15) is 38.2 Å². The molecule has 7 nitrogen and oxygen atoms in total. The molecular formula is C17H24BrN3O4S. The van der Waals surface area contributed by atoms with Gasteiger partial charge >= 0.3 is 5.97 Å². The van der Waals surface area contributed by atoms with E-state index in [4.69, 9.17) is 4.74 Å². The number of nitrogens with one attached hydrogen (secondary N) is 3. The summed E-state index contributed by atoms with van der Waals surface area (Å²) in [7, 11) is -3.81. The molecule has 1 saturated heterocycles. The van der Waals surface area contributed by atoms with Gasteiger partial charge in [0.25, 0.3) is 0 Å². The van der Waals surface area contributed by atoms with Crippen LogP contribution >= 0.6 is 15.9 Å². The highest BCUT2D eigenvalue weighted by atomic mass is 79.9. The number of hydrogen-bond acceptors (Lipinski definition) is 6. The minimum atomic E-state index is -3.81. The van der Waals surface area contributed by atoms with Crippen molar-refractivity contribution in [1.29, 1.82) is 0 Å². The molecule has 3 rings (SSSR count). The van der Waals surface area contributed by atoms with Gasteiger partial charge in [-0.05, 0) is 37.5 Å². The lowest BCUT2D eigenvalue weighted by atomic mass is 9.89. The maximum atomic E-state index is 13.1. The van der Waals surface area contributed by atoms with E-state index in [9.17, 15) is 13.2 Å². The molecule has 1 aromatic rings. The van der Waals surface area contributed by atoms with E-state index >= 15 is 0 Å². The molecule has 9 heteroatoms. The second-order valence-corrected chi connectivity index (χ2v) is 9.47. The van der Waals surface area contributed by atoms with E-state index in [1.807, 2.05) is 24.3 Å². The number of sulfonamides is 1. The fraction of sp³-hybridized carbons (Fsp3) is 0.588. The van der Waals surface area contributed by atoms with Crippen molar-refractivity contribution in [3.8, 4) is 0 Å². The van der Waals surface area contributed by atoms with Gasteiger partial charge < -0.3 is 4.74 Å². The lowest BCUT2D eigenvalue weighted by Gasteiger charge is -2.32. The maximum absolute atomic E-state index is 13.1. The molecular weight excluding hydrogens is 422 g/mol. The molecule has 26 heavy (non-hydrogen) atoms. The lowest BCUT2D eigenvalue weighted by molar-refractivity contribution is -0.147. The normalized spacial score (nSPS) is 25.3. The molecule has 0 amide bonds. The highest BCUT2D eigenvalue weighted by molar-refractivity contribution is 9.10. The van der Waals surface area contributed by atoms with E-state index in [1.54, 1.807) is 6.92 Å². The maximum Gasteiger partial charge on any atom is 0.313 e. The fourth-order valence-corrected chi connectivity index (χ4v) is 5.90. The molecule has 144 valence electrons. The van der Waals surface area contributed by atoms with E-state index in [-0.39, 0.29) is 13.2 Å². The molecule has 0 bridgehead atoms. The van der Waals surface area contributed by atoms with Crippen LogP contribution in [0.3, 0.4) is 0 Å². The first-order valence-electron chi connectivity index (χ1n) is 8.82. The topological polar surface area (TPSA) is 96.5 Å². The van der Waals surface area contributed by atoms with Crippen LogP contribution in [0.15, 0.2) is 28.7 Å². The van der Waals surface area contributed by atoms with Crippen molar-refractivity contribution in [1.82, 2.24) is 15.6 Å². The van der Waals surface area contributed by atoms with Crippen molar-refractivity contribution < 1.29 is 17.9 Å². The summed E-state index contributed by atoms with van der Waals surface area (Å²) in [6.45, 7) is 2.14. The van der Waals surface area contributed by atoms with Crippen molar-refractivity contribution in [3.05, 3.63) is 34.3 Å². The first kappa shape index (κ1) is 19.8. The standard InChI is InChI=1S/C17H24BrN3O4S/c1-2-25-16(22)14-11-19-20-15(14)26(23,24)21-17(9-3-4-10-17)12-5-7-13(18)8-6-12/h5-8,14-15,19-21H,2-4,9-11H2,1H3. The Morgan fingerprint density at radius 1 is 1.31 bits per heavy atom. The monoisotopic (exact) mass is 445 g/mol. The third-order valence-corrected chi connectivity index (χ3v) is 7.37. The third-order valence-electron chi connectivity index (χ3n) is 5.05.